The molecule has 0 radical (unpaired) electrons. The Morgan fingerprint density at radius 2 is 1.82 bits per heavy atom. The lowest BCUT2D eigenvalue weighted by Crippen LogP contribution is -2.52. The molecule has 8 heteroatoms. The van der Waals surface area contributed by atoms with Gasteiger partial charge in [-0.3, -0.25) is 0 Å². The zero-order chi connectivity index (χ0) is 19.9. The minimum atomic E-state index is -0.791. The van der Waals surface area contributed by atoms with Crippen LogP contribution in [0.25, 0.3) is 0 Å². The fourth-order valence-corrected chi connectivity index (χ4v) is 3.79. The van der Waals surface area contributed by atoms with Gasteiger partial charge in [0, 0.05) is 0 Å². The topological polar surface area (TPSA) is 84.5 Å². The van der Waals surface area contributed by atoms with Crippen LogP contribution in [0.15, 0.2) is 30.3 Å². The number of alkyl carbamates (subject to hydrolysis) is 1. The van der Waals surface area contributed by atoms with Crippen molar-refractivity contribution in [2.24, 2.45) is 0 Å². The van der Waals surface area contributed by atoms with Crippen LogP contribution in [0, 0.1) is 0 Å². The average molecular weight is 393 g/mol. The lowest BCUT2D eigenvalue weighted by Gasteiger charge is -2.29. The summed E-state index contributed by atoms with van der Waals surface area (Å²) in [5, 5.41) is 2.89. The SMILES string of the molecule is CC1(C)OCC(C2OC3OC(C)(C)OC3C2NC(=O)OCc2ccccc2)O1. The number of amides is 1. The lowest BCUT2D eigenvalue weighted by atomic mass is 10.0. The molecule has 0 bridgehead atoms. The Morgan fingerprint density at radius 1 is 1.07 bits per heavy atom. The normalized spacial score (nSPS) is 35.5. The maximum Gasteiger partial charge on any atom is 0.407 e. The van der Waals surface area contributed by atoms with Crippen molar-refractivity contribution in [1.29, 1.82) is 0 Å². The Hall–Kier alpha value is -1.71. The van der Waals surface area contributed by atoms with Crippen molar-refractivity contribution in [3.63, 3.8) is 0 Å². The fraction of sp³-hybridized carbons (Fsp3) is 0.650. The summed E-state index contributed by atoms with van der Waals surface area (Å²) in [6.45, 7) is 7.85. The van der Waals surface area contributed by atoms with E-state index in [2.05, 4.69) is 5.32 Å². The molecule has 0 saturated carbocycles. The molecule has 28 heavy (non-hydrogen) atoms. The second-order valence-electron chi connectivity index (χ2n) is 8.17. The van der Waals surface area contributed by atoms with Gasteiger partial charge in [-0.2, -0.15) is 0 Å². The number of carbonyl (C=O) groups is 1. The average Bonchev–Trinajstić information content (AvgIpc) is 3.24. The molecule has 8 nitrogen and oxygen atoms in total. The van der Waals surface area contributed by atoms with E-state index in [4.69, 9.17) is 28.4 Å². The smallest absolute Gasteiger partial charge is 0.407 e. The summed E-state index contributed by atoms with van der Waals surface area (Å²) in [7, 11) is 0. The highest BCUT2D eigenvalue weighted by molar-refractivity contribution is 5.68. The van der Waals surface area contributed by atoms with Gasteiger partial charge in [-0.1, -0.05) is 30.3 Å². The van der Waals surface area contributed by atoms with Gasteiger partial charge in [0.2, 0.25) is 0 Å². The third kappa shape index (κ3) is 4.16. The summed E-state index contributed by atoms with van der Waals surface area (Å²) in [6, 6.07) is 9.01. The van der Waals surface area contributed by atoms with Crippen LogP contribution in [0.4, 0.5) is 4.79 Å². The first kappa shape index (κ1) is 19.6. The van der Waals surface area contributed by atoms with E-state index in [1.165, 1.54) is 0 Å². The summed E-state index contributed by atoms with van der Waals surface area (Å²) in [5.74, 6) is -1.49. The van der Waals surface area contributed by atoms with Gasteiger partial charge < -0.3 is 33.7 Å². The minimum Gasteiger partial charge on any atom is -0.445 e. The van der Waals surface area contributed by atoms with Crippen molar-refractivity contribution < 1.29 is 33.2 Å². The molecule has 3 saturated heterocycles. The highest BCUT2D eigenvalue weighted by Crippen LogP contribution is 2.40. The van der Waals surface area contributed by atoms with Crippen LogP contribution in [0.1, 0.15) is 33.3 Å². The van der Waals surface area contributed by atoms with E-state index in [-0.39, 0.29) is 12.7 Å². The molecular formula is C20H27NO7. The number of ether oxygens (including phenoxy) is 6. The molecule has 3 fully saturated rings. The molecule has 1 N–H and O–H groups in total. The van der Waals surface area contributed by atoms with Crippen molar-refractivity contribution in [3.05, 3.63) is 35.9 Å². The van der Waals surface area contributed by atoms with Crippen LogP contribution in [0.5, 0.6) is 0 Å². The van der Waals surface area contributed by atoms with Gasteiger partial charge in [-0.25, -0.2) is 4.79 Å². The van der Waals surface area contributed by atoms with Crippen LogP contribution in [0.3, 0.4) is 0 Å². The maximum absolute atomic E-state index is 12.5. The van der Waals surface area contributed by atoms with Gasteiger partial charge in [-0.15, -0.1) is 0 Å². The molecule has 5 atom stereocenters. The number of nitrogens with one attached hydrogen (secondary N) is 1. The van der Waals surface area contributed by atoms with Gasteiger partial charge in [0.25, 0.3) is 0 Å². The Morgan fingerprint density at radius 3 is 2.50 bits per heavy atom. The Bertz CT molecular complexity index is 708. The minimum absolute atomic E-state index is 0.179. The molecule has 5 unspecified atom stereocenters. The highest BCUT2D eigenvalue weighted by atomic mass is 16.8. The fourth-order valence-electron chi connectivity index (χ4n) is 3.79. The van der Waals surface area contributed by atoms with E-state index in [0.29, 0.717) is 6.61 Å². The van der Waals surface area contributed by atoms with Crippen LogP contribution < -0.4 is 5.32 Å². The van der Waals surface area contributed by atoms with Gasteiger partial charge >= 0.3 is 6.09 Å². The molecule has 3 aliphatic heterocycles. The van der Waals surface area contributed by atoms with E-state index >= 15 is 0 Å². The predicted molar refractivity (Wildman–Crippen MR) is 97.2 cm³/mol. The third-order valence-corrected chi connectivity index (χ3v) is 4.98. The summed E-state index contributed by atoms with van der Waals surface area (Å²) in [4.78, 5) is 12.5. The first-order chi connectivity index (χ1) is 13.2. The lowest BCUT2D eigenvalue weighted by molar-refractivity contribution is -0.223. The zero-order valence-electron chi connectivity index (χ0n) is 16.5. The number of carbonyl (C=O) groups excluding carboxylic acids is 1. The van der Waals surface area contributed by atoms with Crippen LogP contribution >= 0.6 is 0 Å². The maximum atomic E-state index is 12.5. The molecule has 0 aromatic heterocycles. The summed E-state index contributed by atoms with van der Waals surface area (Å²) < 4.78 is 34.8. The number of hydrogen-bond donors (Lipinski definition) is 1. The molecule has 1 aromatic carbocycles. The van der Waals surface area contributed by atoms with Crippen LogP contribution in [-0.2, 0) is 35.0 Å². The molecule has 3 aliphatic rings. The molecule has 0 spiro atoms. The third-order valence-electron chi connectivity index (χ3n) is 4.98. The number of fused-ring (bicyclic) bond motifs is 1. The van der Waals surface area contributed by atoms with Crippen molar-refractivity contribution in [2.75, 3.05) is 6.61 Å². The van der Waals surface area contributed by atoms with E-state index < -0.39 is 42.2 Å². The number of hydrogen-bond acceptors (Lipinski definition) is 7. The van der Waals surface area contributed by atoms with Gasteiger partial charge in [0.05, 0.1) is 12.6 Å². The number of benzene rings is 1. The first-order valence-electron chi connectivity index (χ1n) is 9.53. The van der Waals surface area contributed by atoms with E-state index in [1.807, 2.05) is 58.0 Å². The molecule has 1 amide bonds. The molecule has 0 aliphatic carbocycles. The molecule has 1 aromatic rings. The second kappa shape index (κ2) is 7.27. The van der Waals surface area contributed by atoms with E-state index in [9.17, 15) is 4.79 Å². The monoisotopic (exact) mass is 393 g/mol. The second-order valence-corrected chi connectivity index (χ2v) is 8.17. The zero-order valence-corrected chi connectivity index (χ0v) is 16.5. The predicted octanol–water partition coefficient (Wildman–Crippen LogP) is 2.31. The van der Waals surface area contributed by atoms with Crippen molar-refractivity contribution >= 4 is 6.09 Å². The first-order valence-corrected chi connectivity index (χ1v) is 9.53. The van der Waals surface area contributed by atoms with Crippen molar-refractivity contribution in [2.45, 2.75) is 76.5 Å². The Balaban J connectivity index is 1.43. The van der Waals surface area contributed by atoms with E-state index in [1.54, 1.807) is 0 Å². The van der Waals surface area contributed by atoms with Crippen LogP contribution in [-0.4, -0.2) is 54.9 Å². The summed E-state index contributed by atoms with van der Waals surface area (Å²) in [5.41, 5.74) is 0.908. The van der Waals surface area contributed by atoms with E-state index in [0.717, 1.165) is 5.56 Å². The highest BCUT2D eigenvalue weighted by Gasteiger charge is 2.58. The van der Waals surface area contributed by atoms with Gasteiger partial charge in [0.15, 0.2) is 17.9 Å². The Kier molecular flexibility index (Phi) is 5.09. The molecule has 3 heterocycles. The van der Waals surface area contributed by atoms with Gasteiger partial charge in [-0.05, 0) is 33.3 Å². The molecule has 4 rings (SSSR count). The summed E-state index contributed by atoms with van der Waals surface area (Å²) in [6.07, 6.45) is -2.43. The van der Waals surface area contributed by atoms with Gasteiger partial charge in [0.1, 0.15) is 24.9 Å². The summed E-state index contributed by atoms with van der Waals surface area (Å²) >= 11 is 0. The number of rotatable bonds is 4. The quantitative estimate of drug-likeness (QED) is 0.840. The largest absolute Gasteiger partial charge is 0.445 e. The van der Waals surface area contributed by atoms with Crippen LogP contribution in [0.2, 0.25) is 0 Å². The Labute approximate surface area is 164 Å². The molecule has 154 valence electrons. The standard InChI is InChI=1S/C20H27NO7/c1-19(2)24-11-13(26-19)15-14(16-17(25-15)28-20(3,4)27-16)21-18(22)23-10-12-8-6-5-7-9-12/h5-9,13-17H,10-11H2,1-4H3,(H,21,22). The molecular weight excluding hydrogens is 366 g/mol. The van der Waals surface area contributed by atoms with Crippen molar-refractivity contribution in [1.82, 2.24) is 5.32 Å². The van der Waals surface area contributed by atoms with Crippen molar-refractivity contribution in [3.8, 4) is 0 Å².